The Morgan fingerprint density at radius 2 is 1.29 bits per heavy atom. The molecule has 2 nitrogen and oxygen atoms in total. The maximum atomic E-state index is 9.40. The average Bonchev–Trinajstić information content (AvgIpc) is 0.722. The standard InChI is InChI=1S/CH3ClO2S.2ClH/c1-5(2,3)4;;/h1H3;2*1H. The summed E-state index contributed by atoms with van der Waals surface area (Å²) in [5.41, 5.74) is 0. The highest BCUT2D eigenvalue weighted by Crippen LogP contribution is 1.83. The second-order valence-corrected chi connectivity index (χ2v) is 3.73. The zero-order chi connectivity index (χ0) is 4.50. The Balaban J connectivity index is -0.0000000800. The van der Waals surface area contributed by atoms with Gasteiger partial charge in [-0.25, -0.2) is 8.42 Å². The topological polar surface area (TPSA) is 34.1 Å². The molecule has 0 aliphatic heterocycles. The molecule has 0 amide bonds. The van der Waals surface area contributed by atoms with Crippen molar-refractivity contribution in [3.63, 3.8) is 0 Å². The average molecular weight is 187 g/mol. The molecular formula is CH5Cl3O2S. The van der Waals surface area contributed by atoms with E-state index in [0.29, 0.717) is 0 Å². The first-order valence-corrected chi connectivity index (χ1v) is 3.61. The summed E-state index contributed by atoms with van der Waals surface area (Å²) >= 11 is 0. The second-order valence-electron chi connectivity index (χ2n) is 0.682. The summed E-state index contributed by atoms with van der Waals surface area (Å²) < 4.78 is 18.8. The first-order valence-electron chi connectivity index (χ1n) is 0.896. The van der Waals surface area contributed by atoms with E-state index in [-0.39, 0.29) is 24.8 Å². The van der Waals surface area contributed by atoms with Crippen LogP contribution in [0.4, 0.5) is 0 Å². The van der Waals surface area contributed by atoms with E-state index < -0.39 is 9.05 Å². The molecule has 0 saturated heterocycles. The van der Waals surface area contributed by atoms with Crippen LogP contribution in [0.1, 0.15) is 0 Å². The Hall–Kier alpha value is 0.820. The maximum Gasteiger partial charge on any atom is 0.229 e. The first-order chi connectivity index (χ1) is 2.00. The van der Waals surface area contributed by atoms with Gasteiger partial charge in [0, 0.05) is 10.7 Å². The highest BCUT2D eigenvalue weighted by Gasteiger charge is 1.83. The fourth-order valence-corrected chi connectivity index (χ4v) is 0. The van der Waals surface area contributed by atoms with Crippen molar-refractivity contribution >= 4 is 44.5 Å². The van der Waals surface area contributed by atoms with Crippen LogP contribution in [0.5, 0.6) is 0 Å². The van der Waals surface area contributed by atoms with E-state index >= 15 is 0 Å². The molecular weight excluding hydrogens is 182 g/mol. The lowest BCUT2D eigenvalue weighted by Crippen LogP contribution is -1.76. The summed E-state index contributed by atoms with van der Waals surface area (Å²) in [6.07, 6.45) is 0.925. The van der Waals surface area contributed by atoms with Gasteiger partial charge in [-0.3, -0.25) is 0 Å². The van der Waals surface area contributed by atoms with Crippen molar-refractivity contribution in [2.45, 2.75) is 0 Å². The zero-order valence-corrected chi connectivity index (χ0v) is 6.62. The molecule has 0 saturated carbocycles. The van der Waals surface area contributed by atoms with Gasteiger partial charge in [0.25, 0.3) is 0 Å². The maximum absolute atomic E-state index is 9.40. The molecule has 0 aromatic heterocycles. The molecule has 0 spiro atoms. The van der Waals surface area contributed by atoms with Gasteiger partial charge in [-0.2, -0.15) is 0 Å². The lowest BCUT2D eigenvalue weighted by Gasteiger charge is -1.65. The van der Waals surface area contributed by atoms with Crippen molar-refractivity contribution in [1.82, 2.24) is 0 Å². The van der Waals surface area contributed by atoms with Gasteiger partial charge < -0.3 is 0 Å². The van der Waals surface area contributed by atoms with Crippen LogP contribution in [0, 0.1) is 0 Å². The Morgan fingerprint density at radius 3 is 1.29 bits per heavy atom. The van der Waals surface area contributed by atoms with E-state index in [1.54, 1.807) is 0 Å². The molecule has 0 fully saturated rings. The predicted molar refractivity (Wildman–Crippen MR) is 35.2 cm³/mol. The van der Waals surface area contributed by atoms with Crippen LogP contribution in [0.3, 0.4) is 0 Å². The van der Waals surface area contributed by atoms with Crippen LogP contribution < -0.4 is 0 Å². The SMILES string of the molecule is CS(=O)(=O)Cl.Cl.Cl. The van der Waals surface area contributed by atoms with Gasteiger partial charge >= 0.3 is 0 Å². The van der Waals surface area contributed by atoms with Crippen LogP contribution in [-0.4, -0.2) is 14.7 Å². The molecule has 0 atom stereocenters. The fraction of sp³-hybridized carbons (Fsp3) is 1.00. The Bertz CT molecular complexity index is 96.1. The van der Waals surface area contributed by atoms with Gasteiger partial charge in [0.2, 0.25) is 9.05 Å². The van der Waals surface area contributed by atoms with E-state index in [4.69, 9.17) is 0 Å². The van der Waals surface area contributed by atoms with E-state index in [1.807, 2.05) is 0 Å². The van der Waals surface area contributed by atoms with Crippen LogP contribution in [0.25, 0.3) is 0 Å². The molecule has 0 aliphatic carbocycles. The molecule has 0 unspecified atom stereocenters. The van der Waals surface area contributed by atoms with Crippen LogP contribution in [0.15, 0.2) is 0 Å². The normalized spacial score (nSPS) is 8.29. The van der Waals surface area contributed by atoms with Gasteiger partial charge in [-0.05, 0) is 0 Å². The summed E-state index contributed by atoms with van der Waals surface area (Å²) in [7, 11) is 1.31. The fourth-order valence-electron chi connectivity index (χ4n) is 0. The summed E-state index contributed by atoms with van der Waals surface area (Å²) in [6, 6.07) is 0. The molecule has 0 radical (unpaired) electrons. The van der Waals surface area contributed by atoms with Crippen molar-refractivity contribution < 1.29 is 8.42 Å². The molecule has 0 bridgehead atoms. The third-order valence-corrected chi connectivity index (χ3v) is 0. The molecule has 0 heterocycles. The number of hydrogen-bond acceptors (Lipinski definition) is 2. The van der Waals surface area contributed by atoms with Crippen molar-refractivity contribution in [2.24, 2.45) is 0 Å². The third kappa shape index (κ3) is 236. The minimum Gasteiger partial charge on any atom is -0.213 e. The number of hydrogen-bond donors (Lipinski definition) is 0. The first kappa shape index (κ1) is 15.7. The van der Waals surface area contributed by atoms with Crippen molar-refractivity contribution in [2.75, 3.05) is 6.26 Å². The predicted octanol–water partition coefficient (Wildman–Crippen LogP) is 1.03. The minimum absolute atomic E-state index is 0. The quantitative estimate of drug-likeness (QED) is 0.531. The summed E-state index contributed by atoms with van der Waals surface area (Å²) in [4.78, 5) is 0. The van der Waals surface area contributed by atoms with Gasteiger partial charge in [-0.15, -0.1) is 24.8 Å². The molecule has 0 aromatic carbocycles. The molecule has 0 rings (SSSR count). The second kappa shape index (κ2) is 4.97. The van der Waals surface area contributed by atoms with Crippen molar-refractivity contribution in [3.05, 3.63) is 0 Å². The van der Waals surface area contributed by atoms with E-state index in [9.17, 15) is 8.42 Å². The van der Waals surface area contributed by atoms with Gasteiger partial charge in [0.15, 0.2) is 0 Å². The van der Waals surface area contributed by atoms with Gasteiger partial charge in [-0.1, -0.05) is 0 Å². The Morgan fingerprint density at radius 1 is 1.29 bits per heavy atom. The molecule has 7 heavy (non-hydrogen) atoms. The molecule has 6 heteroatoms. The van der Waals surface area contributed by atoms with Gasteiger partial charge in [0.1, 0.15) is 0 Å². The van der Waals surface area contributed by atoms with Crippen LogP contribution in [0.2, 0.25) is 0 Å². The van der Waals surface area contributed by atoms with E-state index in [0.717, 1.165) is 6.26 Å². The number of halogens is 3. The summed E-state index contributed by atoms with van der Waals surface area (Å²) in [5.74, 6) is 0. The zero-order valence-electron chi connectivity index (χ0n) is 3.42. The van der Waals surface area contributed by atoms with E-state index in [2.05, 4.69) is 10.7 Å². The largest absolute Gasteiger partial charge is 0.229 e. The molecule has 0 N–H and O–H groups in total. The van der Waals surface area contributed by atoms with Crippen molar-refractivity contribution in [3.8, 4) is 0 Å². The lowest BCUT2D eigenvalue weighted by atomic mass is 12.0. The Labute approximate surface area is 59.5 Å². The van der Waals surface area contributed by atoms with Crippen LogP contribution >= 0.6 is 35.5 Å². The minimum atomic E-state index is -3.19. The monoisotopic (exact) mass is 186 g/mol. The van der Waals surface area contributed by atoms with Crippen molar-refractivity contribution in [1.29, 1.82) is 0 Å². The van der Waals surface area contributed by atoms with Gasteiger partial charge in [0.05, 0.1) is 6.26 Å². The molecule has 48 valence electrons. The number of rotatable bonds is 0. The smallest absolute Gasteiger partial charge is 0.213 e. The Kier molecular flexibility index (Phi) is 11.1. The summed E-state index contributed by atoms with van der Waals surface area (Å²) in [5, 5.41) is 0. The highest BCUT2D eigenvalue weighted by molar-refractivity contribution is 8.13. The van der Waals surface area contributed by atoms with Crippen LogP contribution in [-0.2, 0) is 9.05 Å². The lowest BCUT2D eigenvalue weighted by molar-refractivity contribution is 0.615. The van der Waals surface area contributed by atoms with E-state index in [1.165, 1.54) is 0 Å². The molecule has 0 aromatic rings. The third-order valence-electron chi connectivity index (χ3n) is 0. The molecule has 0 aliphatic rings. The summed E-state index contributed by atoms with van der Waals surface area (Å²) in [6.45, 7) is 0. The highest BCUT2D eigenvalue weighted by atomic mass is 35.7.